The van der Waals surface area contributed by atoms with Gasteiger partial charge in [-0.05, 0) is 25.0 Å². The molecule has 5 heteroatoms. The Bertz CT molecular complexity index is 488. The van der Waals surface area contributed by atoms with E-state index in [1.54, 1.807) is 11.8 Å². The van der Waals surface area contributed by atoms with Crippen molar-refractivity contribution in [2.24, 2.45) is 0 Å². The molecule has 0 unspecified atom stereocenters. The van der Waals surface area contributed by atoms with E-state index in [-0.39, 0.29) is 17.3 Å². The molecule has 4 nitrogen and oxygen atoms in total. The number of aliphatic hydroxyl groups is 1. The first-order valence-electron chi connectivity index (χ1n) is 7.57. The quantitative estimate of drug-likeness (QED) is 0.912. The lowest BCUT2D eigenvalue weighted by Crippen LogP contribution is -2.52. The van der Waals surface area contributed by atoms with Crippen molar-refractivity contribution < 1.29 is 9.90 Å². The Labute approximate surface area is 130 Å². The fraction of sp³-hybridized carbons (Fsp3) is 0.562. The van der Waals surface area contributed by atoms with Crippen LogP contribution in [0.3, 0.4) is 0 Å². The van der Waals surface area contributed by atoms with Gasteiger partial charge in [0.1, 0.15) is 0 Å². The number of hydrogen-bond acceptors (Lipinski definition) is 4. The number of benzene rings is 1. The van der Waals surface area contributed by atoms with Gasteiger partial charge < -0.3 is 10.0 Å². The molecular formula is C16H22N2O2S. The standard InChI is InChI=1S/C16H22N2O2S/c1-12(19)11-17-6-8-18(9-7-17)16(20)15-10-13-4-2-3-5-14(13)21-15/h2-5,12,15,19H,6-11H2,1H3/t12-,15-/m0/s1. The summed E-state index contributed by atoms with van der Waals surface area (Å²) < 4.78 is 0. The first kappa shape index (κ1) is 14.9. The molecule has 2 atom stereocenters. The maximum atomic E-state index is 12.6. The van der Waals surface area contributed by atoms with Crippen molar-refractivity contribution in [3.05, 3.63) is 29.8 Å². The molecule has 0 saturated carbocycles. The van der Waals surface area contributed by atoms with E-state index >= 15 is 0 Å². The average Bonchev–Trinajstić information content (AvgIpc) is 2.90. The third kappa shape index (κ3) is 3.42. The Kier molecular flexibility index (Phi) is 4.52. The van der Waals surface area contributed by atoms with Gasteiger partial charge in [0.2, 0.25) is 5.91 Å². The van der Waals surface area contributed by atoms with Crippen LogP contribution in [0.2, 0.25) is 0 Å². The smallest absolute Gasteiger partial charge is 0.236 e. The predicted molar refractivity (Wildman–Crippen MR) is 84.5 cm³/mol. The van der Waals surface area contributed by atoms with Gasteiger partial charge in [-0.1, -0.05) is 18.2 Å². The van der Waals surface area contributed by atoms with Crippen molar-refractivity contribution in [1.82, 2.24) is 9.80 Å². The Morgan fingerprint density at radius 3 is 2.71 bits per heavy atom. The minimum absolute atomic E-state index is 0.0470. The lowest BCUT2D eigenvalue weighted by atomic mass is 10.1. The summed E-state index contributed by atoms with van der Waals surface area (Å²) in [5.41, 5.74) is 1.30. The van der Waals surface area contributed by atoms with E-state index in [4.69, 9.17) is 0 Å². The predicted octanol–water partition coefficient (Wildman–Crippen LogP) is 1.23. The summed E-state index contributed by atoms with van der Waals surface area (Å²) in [5, 5.41) is 9.47. The number of carbonyl (C=O) groups is 1. The van der Waals surface area contributed by atoms with Crippen LogP contribution >= 0.6 is 11.8 Å². The fourth-order valence-corrected chi connectivity index (χ4v) is 4.33. The molecule has 2 heterocycles. The first-order valence-corrected chi connectivity index (χ1v) is 8.45. The topological polar surface area (TPSA) is 43.8 Å². The van der Waals surface area contributed by atoms with Gasteiger partial charge in [-0.25, -0.2) is 0 Å². The summed E-state index contributed by atoms with van der Waals surface area (Å²) in [7, 11) is 0. The molecule has 0 bridgehead atoms. The Balaban J connectivity index is 1.54. The number of amides is 1. The third-order valence-corrected chi connectivity index (χ3v) is 5.43. The van der Waals surface area contributed by atoms with Crippen molar-refractivity contribution >= 4 is 17.7 Å². The van der Waals surface area contributed by atoms with Crippen LogP contribution in [0.15, 0.2) is 29.2 Å². The van der Waals surface area contributed by atoms with Crippen molar-refractivity contribution in [1.29, 1.82) is 0 Å². The normalized spacial score (nSPS) is 23.9. The van der Waals surface area contributed by atoms with Gasteiger partial charge in [0.05, 0.1) is 11.4 Å². The summed E-state index contributed by atoms with van der Waals surface area (Å²) in [5.74, 6) is 0.271. The zero-order valence-corrected chi connectivity index (χ0v) is 13.2. The zero-order valence-electron chi connectivity index (χ0n) is 12.4. The molecule has 2 aliphatic heterocycles. The zero-order chi connectivity index (χ0) is 14.8. The molecule has 1 fully saturated rings. The van der Waals surface area contributed by atoms with E-state index in [1.807, 2.05) is 24.0 Å². The first-order chi connectivity index (χ1) is 10.1. The molecule has 0 aliphatic carbocycles. The Morgan fingerprint density at radius 2 is 2.05 bits per heavy atom. The number of β-amino-alcohol motifs (C(OH)–C–C–N with tert-alkyl or cyclic N) is 1. The van der Waals surface area contributed by atoms with Gasteiger partial charge in [-0.2, -0.15) is 0 Å². The molecule has 21 heavy (non-hydrogen) atoms. The van der Waals surface area contributed by atoms with E-state index in [0.29, 0.717) is 6.54 Å². The monoisotopic (exact) mass is 306 g/mol. The number of nitrogens with zero attached hydrogens (tertiary/aromatic N) is 2. The second kappa shape index (κ2) is 6.38. The molecule has 1 N–H and O–H groups in total. The van der Waals surface area contributed by atoms with E-state index in [9.17, 15) is 9.90 Å². The van der Waals surface area contributed by atoms with Gasteiger partial charge in [0.15, 0.2) is 0 Å². The second-order valence-corrected chi connectivity index (χ2v) is 7.14. The number of aliphatic hydroxyl groups excluding tert-OH is 1. The molecule has 114 valence electrons. The summed E-state index contributed by atoms with van der Waals surface area (Å²) in [6.45, 7) is 5.79. The highest BCUT2D eigenvalue weighted by molar-refractivity contribution is 8.01. The summed E-state index contributed by atoms with van der Waals surface area (Å²) in [6, 6.07) is 8.30. The summed E-state index contributed by atoms with van der Waals surface area (Å²) >= 11 is 1.70. The highest BCUT2D eigenvalue weighted by Crippen LogP contribution is 2.37. The number of thioether (sulfide) groups is 1. The molecule has 1 aromatic carbocycles. The maximum Gasteiger partial charge on any atom is 0.236 e. The van der Waals surface area contributed by atoms with E-state index < -0.39 is 0 Å². The van der Waals surface area contributed by atoms with E-state index in [0.717, 1.165) is 32.6 Å². The van der Waals surface area contributed by atoms with Crippen LogP contribution in [-0.4, -0.2) is 64.9 Å². The average molecular weight is 306 g/mol. The van der Waals surface area contributed by atoms with Gasteiger partial charge >= 0.3 is 0 Å². The van der Waals surface area contributed by atoms with Crippen LogP contribution in [-0.2, 0) is 11.2 Å². The molecule has 1 amide bonds. The van der Waals surface area contributed by atoms with Crippen LogP contribution < -0.4 is 0 Å². The molecule has 2 aliphatic rings. The largest absolute Gasteiger partial charge is 0.392 e. The molecule has 0 spiro atoms. The van der Waals surface area contributed by atoms with Gasteiger partial charge in [-0.15, -0.1) is 11.8 Å². The van der Waals surface area contributed by atoms with Crippen LogP contribution in [0, 0.1) is 0 Å². The third-order valence-electron chi connectivity index (χ3n) is 4.13. The van der Waals surface area contributed by atoms with Gasteiger partial charge in [0, 0.05) is 37.6 Å². The minimum Gasteiger partial charge on any atom is -0.392 e. The van der Waals surface area contributed by atoms with Crippen LogP contribution in [0.1, 0.15) is 12.5 Å². The van der Waals surface area contributed by atoms with Crippen LogP contribution in [0.4, 0.5) is 0 Å². The van der Waals surface area contributed by atoms with Gasteiger partial charge in [-0.3, -0.25) is 9.69 Å². The molecule has 1 aromatic rings. The molecule has 0 radical (unpaired) electrons. The summed E-state index contributed by atoms with van der Waals surface area (Å²) in [4.78, 5) is 18.1. The number of fused-ring (bicyclic) bond motifs is 1. The van der Waals surface area contributed by atoms with Crippen LogP contribution in [0.5, 0.6) is 0 Å². The van der Waals surface area contributed by atoms with E-state index in [1.165, 1.54) is 10.5 Å². The minimum atomic E-state index is -0.299. The lowest BCUT2D eigenvalue weighted by Gasteiger charge is -2.36. The van der Waals surface area contributed by atoms with Crippen molar-refractivity contribution in [3.8, 4) is 0 Å². The Hall–Kier alpha value is -1.04. The SMILES string of the molecule is C[C@H](O)CN1CCN(C(=O)[C@@H]2Cc3ccccc3S2)CC1. The number of carbonyl (C=O) groups excluding carboxylic acids is 1. The van der Waals surface area contributed by atoms with Crippen LogP contribution in [0.25, 0.3) is 0 Å². The second-order valence-electron chi connectivity index (χ2n) is 5.89. The molecular weight excluding hydrogens is 284 g/mol. The lowest BCUT2D eigenvalue weighted by molar-refractivity contribution is -0.132. The summed E-state index contributed by atoms with van der Waals surface area (Å²) in [6.07, 6.45) is 0.556. The maximum absolute atomic E-state index is 12.6. The number of rotatable bonds is 3. The number of piperazine rings is 1. The van der Waals surface area contributed by atoms with Crippen molar-refractivity contribution in [3.63, 3.8) is 0 Å². The fourth-order valence-electron chi connectivity index (χ4n) is 3.05. The highest BCUT2D eigenvalue weighted by Gasteiger charge is 2.32. The van der Waals surface area contributed by atoms with Gasteiger partial charge in [0.25, 0.3) is 0 Å². The molecule has 0 aromatic heterocycles. The van der Waals surface area contributed by atoms with Crippen molar-refractivity contribution in [2.45, 2.75) is 29.6 Å². The molecule has 1 saturated heterocycles. The highest BCUT2D eigenvalue weighted by atomic mass is 32.2. The number of hydrogen-bond donors (Lipinski definition) is 1. The van der Waals surface area contributed by atoms with Crippen molar-refractivity contribution in [2.75, 3.05) is 32.7 Å². The Morgan fingerprint density at radius 1 is 1.33 bits per heavy atom. The van der Waals surface area contributed by atoms with E-state index in [2.05, 4.69) is 17.0 Å². The molecule has 3 rings (SSSR count).